The lowest BCUT2D eigenvalue weighted by molar-refractivity contribution is -0.131. The average Bonchev–Trinajstić information content (AvgIpc) is 2.94. The van der Waals surface area contributed by atoms with Crippen molar-refractivity contribution in [2.24, 2.45) is 5.73 Å². The van der Waals surface area contributed by atoms with E-state index in [-0.39, 0.29) is 5.91 Å². The minimum atomic E-state index is -0.398. The van der Waals surface area contributed by atoms with Crippen LogP contribution in [0.3, 0.4) is 0 Å². The molecule has 0 spiro atoms. The summed E-state index contributed by atoms with van der Waals surface area (Å²) in [4.78, 5) is 16.4. The molecule has 4 heteroatoms. The third kappa shape index (κ3) is 4.05. The molecule has 0 saturated carbocycles. The largest absolute Gasteiger partial charge is 0.340 e. The number of amides is 1. The highest BCUT2D eigenvalue weighted by Crippen LogP contribution is 2.21. The van der Waals surface area contributed by atoms with Crippen LogP contribution >= 0.6 is 0 Å². The van der Waals surface area contributed by atoms with Gasteiger partial charge in [0.15, 0.2) is 0 Å². The van der Waals surface area contributed by atoms with Gasteiger partial charge >= 0.3 is 0 Å². The van der Waals surface area contributed by atoms with Crippen LogP contribution in [0.4, 0.5) is 0 Å². The zero-order chi connectivity index (χ0) is 15.4. The zero-order valence-corrected chi connectivity index (χ0v) is 13.3. The van der Waals surface area contributed by atoms with Crippen LogP contribution in [0.25, 0.3) is 0 Å². The Balaban J connectivity index is 2.02. The molecule has 0 radical (unpaired) electrons. The first-order valence-electron chi connectivity index (χ1n) is 7.83. The van der Waals surface area contributed by atoms with E-state index < -0.39 is 6.04 Å². The summed E-state index contributed by atoms with van der Waals surface area (Å²) in [6.07, 6.45) is 1.03. The lowest BCUT2D eigenvalue weighted by Gasteiger charge is -2.32. The lowest BCUT2D eigenvalue weighted by atomic mass is 10.1. The van der Waals surface area contributed by atoms with Crippen LogP contribution in [0.5, 0.6) is 0 Å². The molecule has 0 aliphatic carbocycles. The molecule has 1 aliphatic rings. The Hall–Kier alpha value is -1.39. The van der Waals surface area contributed by atoms with Crippen molar-refractivity contribution >= 4 is 5.91 Å². The number of likely N-dealkylation sites (tertiary alicyclic amines) is 1. The van der Waals surface area contributed by atoms with Crippen molar-refractivity contribution in [1.29, 1.82) is 0 Å². The van der Waals surface area contributed by atoms with Crippen molar-refractivity contribution in [1.82, 2.24) is 9.80 Å². The number of rotatable bonds is 5. The fourth-order valence-electron chi connectivity index (χ4n) is 3.03. The van der Waals surface area contributed by atoms with Gasteiger partial charge in [-0.05, 0) is 32.8 Å². The van der Waals surface area contributed by atoms with E-state index in [1.165, 1.54) is 5.56 Å². The van der Waals surface area contributed by atoms with Gasteiger partial charge in [-0.3, -0.25) is 9.69 Å². The first-order valence-corrected chi connectivity index (χ1v) is 7.83. The first-order chi connectivity index (χ1) is 9.99. The summed E-state index contributed by atoms with van der Waals surface area (Å²) >= 11 is 0. The molecule has 1 aliphatic heterocycles. The molecule has 1 heterocycles. The summed E-state index contributed by atoms with van der Waals surface area (Å²) < 4.78 is 0. The summed E-state index contributed by atoms with van der Waals surface area (Å²) in [5, 5.41) is 0. The van der Waals surface area contributed by atoms with Gasteiger partial charge in [-0.25, -0.2) is 0 Å². The molecule has 1 aromatic rings. The summed E-state index contributed by atoms with van der Waals surface area (Å²) in [5.74, 6) is 0.0703. The van der Waals surface area contributed by atoms with Crippen molar-refractivity contribution in [3.05, 3.63) is 35.9 Å². The normalized spacial score (nSPS) is 20.3. The van der Waals surface area contributed by atoms with Crippen molar-refractivity contribution < 1.29 is 4.79 Å². The monoisotopic (exact) mass is 289 g/mol. The van der Waals surface area contributed by atoms with E-state index in [0.717, 1.165) is 26.1 Å². The minimum absolute atomic E-state index is 0.0703. The van der Waals surface area contributed by atoms with Gasteiger partial charge in [0.05, 0.1) is 6.04 Å². The van der Waals surface area contributed by atoms with Crippen LogP contribution in [0, 0.1) is 0 Å². The topological polar surface area (TPSA) is 49.6 Å². The quantitative estimate of drug-likeness (QED) is 0.900. The lowest BCUT2D eigenvalue weighted by Crippen LogP contribution is -2.45. The van der Waals surface area contributed by atoms with Gasteiger partial charge in [0.2, 0.25) is 5.91 Å². The molecule has 1 fully saturated rings. The van der Waals surface area contributed by atoms with E-state index in [1.54, 1.807) is 6.92 Å². The first kappa shape index (κ1) is 16.0. The maximum atomic E-state index is 12.0. The maximum absolute atomic E-state index is 12.0. The molecule has 1 saturated heterocycles. The third-order valence-electron chi connectivity index (χ3n) is 4.20. The molecule has 4 nitrogen and oxygen atoms in total. The number of carbonyl (C=O) groups excluding carboxylic acids is 1. The third-order valence-corrected chi connectivity index (χ3v) is 4.20. The molecule has 0 bridgehead atoms. The van der Waals surface area contributed by atoms with Crippen LogP contribution in [0.1, 0.15) is 32.8 Å². The number of nitrogens with two attached hydrogens (primary N) is 1. The van der Waals surface area contributed by atoms with E-state index in [1.807, 2.05) is 11.0 Å². The summed E-state index contributed by atoms with van der Waals surface area (Å²) in [5.41, 5.74) is 7.04. The van der Waals surface area contributed by atoms with Gasteiger partial charge in [0.25, 0.3) is 0 Å². The summed E-state index contributed by atoms with van der Waals surface area (Å²) in [6, 6.07) is 11.0. The van der Waals surface area contributed by atoms with Gasteiger partial charge in [-0.15, -0.1) is 0 Å². The molecule has 21 heavy (non-hydrogen) atoms. The van der Waals surface area contributed by atoms with E-state index in [9.17, 15) is 4.79 Å². The average molecular weight is 289 g/mol. The summed E-state index contributed by atoms with van der Waals surface area (Å²) in [7, 11) is 0. The second-order valence-corrected chi connectivity index (χ2v) is 6.27. The Morgan fingerprint density at radius 2 is 2.00 bits per heavy atom. The van der Waals surface area contributed by atoms with Gasteiger partial charge in [-0.2, -0.15) is 0 Å². The molecule has 116 valence electrons. The molecule has 2 N–H and O–H groups in total. The fraction of sp³-hybridized carbons (Fsp3) is 0.588. The molecule has 1 amide bonds. The Labute approximate surface area is 127 Å². The highest BCUT2D eigenvalue weighted by molar-refractivity contribution is 5.81. The van der Waals surface area contributed by atoms with Crippen LogP contribution in [-0.4, -0.2) is 46.9 Å². The van der Waals surface area contributed by atoms with E-state index >= 15 is 0 Å². The van der Waals surface area contributed by atoms with Gasteiger partial charge < -0.3 is 10.6 Å². The molecule has 1 unspecified atom stereocenters. The standard InChI is InChI=1S/C17H27N3O/c1-13(2)20(11-15-7-5-4-6-8-15)16-9-10-19(12-16)17(21)14(3)18/h4-8,13-14,16H,9-12,18H2,1-3H3/t14?,16-/m0/s1. The highest BCUT2D eigenvalue weighted by Gasteiger charge is 2.32. The number of carbonyl (C=O) groups is 1. The maximum Gasteiger partial charge on any atom is 0.239 e. The predicted octanol–water partition coefficient (Wildman–Crippen LogP) is 1.85. The van der Waals surface area contributed by atoms with Crippen molar-refractivity contribution in [2.45, 2.75) is 51.9 Å². The Morgan fingerprint density at radius 3 is 2.57 bits per heavy atom. The predicted molar refractivity (Wildman–Crippen MR) is 85.8 cm³/mol. The molecule has 2 atom stereocenters. The van der Waals surface area contributed by atoms with Crippen LogP contribution in [0.2, 0.25) is 0 Å². The van der Waals surface area contributed by atoms with Crippen LogP contribution in [0.15, 0.2) is 30.3 Å². The fourth-order valence-corrected chi connectivity index (χ4v) is 3.03. The zero-order valence-electron chi connectivity index (χ0n) is 13.3. The van der Waals surface area contributed by atoms with Crippen molar-refractivity contribution in [2.75, 3.05) is 13.1 Å². The Kier molecular flexibility index (Phi) is 5.37. The molecule has 1 aromatic carbocycles. The second kappa shape index (κ2) is 7.05. The highest BCUT2D eigenvalue weighted by atomic mass is 16.2. The minimum Gasteiger partial charge on any atom is -0.340 e. The van der Waals surface area contributed by atoms with E-state index in [0.29, 0.717) is 12.1 Å². The van der Waals surface area contributed by atoms with E-state index in [4.69, 9.17) is 5.73 Å². The number of hydrogen-bond acceptors (Lipinski definition) is 3. The van der Waals surface area contributed by atoms with Gasteiger partial charge in [0, 0.05) is 31.7 Å². The van der Waals surface area contributed by atoms with E-state index in [2.05, 4.69) is 43.0 Å². The van der Waals surface area contributed by atoms with Crippen molar-refractivity contribution in [3.8, 4) is 0 Å². The molecule has 0 aromatic heterocycles. The van der Waals surface area contributed by atoms with Crippen LogP contribution < -0.4 is 5.73 Å². The second-order valence-electron chi connectivity index (χ2n) is 6.27. The SMILES string of the molecule is CC(N)C(=O)N1CC[C@H](N(Cc2ccccc2)C(C)C)C1. The van der Waals surface area contributed by atoms with Gasteiger partial charge in [0.1, 0.15) is 0 Å². The Bertz CT molecular complexity index is 458. The summed E-state index contributed by atoms with van der Waals surface area (Å²) in [6.45, 7) is 8.76. The van der Waals surface area contributed by atoms with Gasteiger partial charge in [-0.1, -0.05) is 30.3 Å². The smallest absolute Gasteiger partial charge is 0.239 e. The van der Waals surface area contributed by atoms with Crippen molar-refractivity contribution in [3.63, 3.8) is 0 Å². The molecular formula is C17H27N3O. The number of hydrogen-bond donors (Lipinski definition) is 1. The number of benzene rings is 1. The molecular weight excluding hydrogens is 262 g/mol. The molecule has 2 rings (SSSR count). The number of nitrogens with zero attached hydrogens (tertiary/aromatic N) is 2. The Morgan fingerprint density at radius 1 is 1.33 bits per heavy atom. The van der Waals surface area contributed by atoms with Crippen LogP contribution in [-0.2, 0) is 11.3 Å².